The Morgan fingerprint density at radius 3 is 2.88 bits per heavy atom. The molecule has 4 nitrogen and oxygen atoms in total. The van der Waals surface area contributed by atoms with Crippen molar-refractivity contribution < 1.29 is 14.3 Å². The molecule has 1 aliphatic carbocycles. The smallest absolute Gasteiger partial charge is 0.354 e. The lowest BCUT2D eigenvalue weighted by atomic mass is 10.0. The van der Waals surface area contributed by atoms with E-state index in [0.29, 0.717) is 18.7 Å². The van der Waals surface area contributed by atoms with Crippen LogP contribution in [0.1, 0.15) is 33.1 Å². The molecule has 0 aliphatic heterocycles. The Morgan fingerprint density at radius 2 is 2.31 bits per heavy atom. The Balaban J connectivity index is 2.64. The number of carbonyl (C=O) groups excluding carboxylic acids is 2. The van der Waals surface area contributed by atoms with Gasteiger partial charge < -0.3 is 10.1 Å². The molecule has 0 atom stereocenters. The highest BCUT2D eigenvalue weighted by atomic mass is 16.5. The summed E-state index contributed by atoms with van der Waals surface area (Å²) in [5.74, 6) is -0.281. The van der Waals surface area contributed by atoms with Crippen molar-refractivity contribution in [3.8, 4) is 0 Å². The Labute approximate surface area is 95.4 Å². The molecule has 16 heavy (non-hydrogen) atoms. The fourth-order valence-electron chi connectivity index (χ4n) is 1.51. The molecule has 1 aliphatic rings. The quantitative estimate of drug-likeness (QED) is 0.582. The van der Waals surface area contributed by atoms with Crippen molar-refractivity contribution in [1.82, 2.24) is 5.32 Å². The first-order valence-electron chi connectivity index (χ1n) is 5.51. The first-order valence-corrected chi connectivity index (χ1v) is 5.51. The second kappa shape index (κ2) is 6.10. The van der Waals surface area contributed by atoms with Gasteiger partial charge in [0.25, 0.3) is 0 Å². The summed E-state index contributed by atoms with van der Waals surface area (Å²) in [6.07, 6.45) is 5.43. The number of nitrogens with one attached hydrogen (secondary N) is 1. The maximum atomic E-state index is 11.5. The standard InChI is InChI=1S/C12H17NO3/c1-3-11(12(15)16-4-2)13-9-6-5-7-10(14)8-9/h3,8,13H,4-7H2,1-2H3/b11-3+. The van der Waals surface area contributed by atoms with Crippen molar-refractivity contribution in [2.75, 3.05) is 6.61 Å². The van der Waals surface area contributed by atoms with E-state index in [4.69, 9.17) is 4.74 Å². The number of hydrogen-bond donors (Lipinski definition) is 1. The van der Waals surface area contributed by atoms with Gasteiger partial charge in [-0.1, -0.05) is 6.08 Å². The van der Waals surface area contributed by atoms with E-state index in [1.54, 1.807) is 26.0 Å². The van der Waals surface area contributed by atoms with Crippen LogP contribution in [-0.4, -0.2) is 18.4 Å². The Hall–Kier alpha value is -1.58. The summed E-state index contributed by atoms with van der Waals surface area (Å²) in [5.41, 5.74) is 1.18. The third kappa shape index (κ3) is 3.53. The van der Waals surface area contributed by atoms with Crippen LogP contribution in [0.2, 0.25) is 0 Å². The normalized spacial score (nSPS) is 16.8. The fourth-order valence-corrected chi connectivity index (χ4v) is 1.51. The van der Waals surface area contributed by atoms with E-state index in [2.05, 4.69) is 5.32 Å². The minimum absolute atomic E-state index is 0.105. The first kappa shape index (κ1) is 12.5. The van der Waals surface area contributed by atoms with Crippen LogP contribution in [-0.2, 0) is 14.3 Å². The van der Waals surface area contributed by atoms with Crippen molar-refractivity contribution in [2.45, 2.75) is 33.1 Å². The van der Waals surface area contributed by atoms with Crippen LogP contribution in [0.4, 0.5) is 0 Å². The topological polar surface area (TPSA) is 55.4 Å². The summed E-state index contributed by atoms with van der Waals surface area (Å²) >= 11 is 0. The molecule has 1 N–H and O–H groups in total. The second-order valence-electron chi connectivity index (χ2n) is 3.54. The molecule has 0 unspecified atom stereocenters. The molecular formula is C12H17NO3. The van der Waals surface area contributed by atoms with E-state index in [9.17, 15) is 9.59 Å². The van der Waals surface area contributed by atoms with Gasteiger partial charge in [0.15, 0.2) is 5.78 Å². The molecule has 0 saturated carbocycles. The molecule has 0 radical (unpaired) electrons. The molecule has 0 saturated heterocycles. The summed E-state index contributed by atoms with van der Waals surface area (Å²) < 4.78 is 4.88. The van der Waals surface area contributed by atoms with Gasteiger partial charge in [-0.05, 0) is 26.7 Å². The molecule has 0 heterocycles. The number of ketones is 1. The molecule has 0 fully saturated rings. The zero-order valence-electron chi connectivity index (χ0n) is 9.71. The Kier molecular flexibility index (Phi) is 4.76. The zero-order chi connectivity index (χ0) is 12.0. The van der Waals surface area contributed by atoms with Crippen LogP contribution in [0.5, 0.6) is 0 Å². The van der Waals surface area contributed by atoms with Gasteiger partial charge in [0.2, 0.25) is 0 Å². The van der Waals surface area contributed by atoms with Crippen molar-refractivity contribution in [3.05, 3.63) is 23.5 Å². The minimum atomic E-state index is -0.385. The van der Waals surface area contributed by atoms with E-state index in [1.807, 2.05) is 0 Å². The van der Waals surface area contributed by atoms with Crippen LogP contribution in [0.25, 0.3) is 0 Å². The summed E-state index contributed by atoms with van der Waals surface area (Å²) in [4.78, 5) is 22.7. The summed E-state index contributed by atoms with van der Waals surface area (Å²) in [7, 11) is 0. The highest BCUT2D eigenvalue weighted by Gasteiger charge is 2.14. The summed E-state index contributed by atoms with van der Waals surface area (Å²) in [6.45, 7) is 3.86. The summed E-state index contributed by atoms with van der Waals surface area (Å²) in [6, 6.07) is 0. The van der Waals surface area contributed by atoms with Gasteiger partial charge >= 0.3 is 5.97 Å². The van der Waals surface area contributed by atoms with E-state index in [-0.39, 0.29) is 11.8 Å². The van der Waals surface area contributed by atoms with Gasteiger partial charge in [-0.15, -0.1) is 0 Å². The van der Waals surface area contributed by atoms with E-state index >= 15 is 0 Å². The van der Waals surface area contributed by atoms with Crippen molar-refractivity contribution in [1.29, 1.82) is 0 Å². The van der Waals surface area contributed by atoms with Crippen LogP contribution in [0.15, 0.2) is 23.5 Å². The van der Waals surface area contributed by atoms with Crippen molar-refractivity contribution in [2.24, 2.45) is 0 Å². The van der Waals surface area contributed by atoms with Crippen LogP contribution in [0.3, 0.4) is 0 Å². The summed E-state index contributed by atoms with van der Waals surface area (Å²) in [5, 5.41) is 2.95. The molecule has 0 amide bonds. The molecule has 1 rings (SSSR count). The van der Waals surface area contributed by atoms with Gasteiger partial charge in [-0.25, -0.2) is 4.79 Å². The van der Waals surface area contributed by atoms with E-state index in [0.717, 1.165) is 18.5 Å². The molecule has 0 aromatic heterocycles. The lowest BCUT2D eigenvalue weighted by Gasteiger charge is -2.15. The second-order valence-corrected chi connectivity index (χ2v) is 3.54. The predicted octanol–water partition coefficient (Wildman–Crippen LogP) is 1.68. The number of hydrogen-bond acceptors (Lipinski definition) is 4. The van der Waals surface area contributed by atoms with Crippen molar-refractivity contribution >= 4 is 11.8 Å². The van der Waals surface area contributed by atoms with Gasteiger partial charge in [0, 0.05) is 18.2 Å². The van der Waals surface area contributed by atoms with Crippen LogP contribution >= 0.6 is 0 Å². The molecule has 0 aromatic carbocycles. The van der Waals surface area contributed by atoms with E-state index < -0.39 is 0 Å². The number of esters is 1. The number of rotatable bonds is 4. The fraction of sp³-hybridized carbons (Fsp3) is 0.500. The highest BCUT2D eigenvalue weighted by molar-refractivity contribution is 5.92. The zero-order valence-corrected chi connectivity index (χ0v) is 9.71. The maximum absolute atomic E-state index is 11.5. The monoisotopic (exact) mass is 223 g/mol. The van der Waals surface area contributed by atoms with Crippen LogP contribution < -0.4 is 5.32 Å². The SMILES string of the molecule is C/C=C(/NC1=CC(=O)CCC1)C(=O)OCC. The van der Waals surface area contributed by atoms with Gasteiger partial charge in [-0.2, -0.15) is 0 Å². The number of allylic oxidation sites excluding steroid dienone is 3. The predicted molar refractivity (Wildman–Crippen MR) is 60.5 cm³/mol. The molecule has 0 aromatic rings. The highest BCUT2D eigenvalue weighted by Crippen LogP contribution is 2.14. The van der Waals surface area contributed by atoms with Gasteiger partial charge in [-0.3, -0.25) is 4.79 Å². The first-order chi connectivity index (χ1) is 7.67. The lowest BCUT2D eigenvalue weighted by Crippen LogP contribution is -2.24. The molecular weight excluding hydrogens is 206 g/mol. The third-order valence-electron chi connectivity index (χ3n) is 2.28. The van der Waals surface area contributed by atoms with Crippen molar-refractivity contribution in [3.63, 3.8) is 0 Å². The Bertz CT molecular complexity index is 342. The average molecular weight is 223 g/mol. The molecule has 4 heteroatoms. The molecule has 0 bridgehead atoms. The Morgan fingerprint density at radius 1 is 1.56 bits per heavy atom. The molecule has 88 valence electrons. The minimum Gasteiger partial charge on any atom is -0.461 e. The molecule has 0 spiro atoms. The third-order valence-corrected chi connectivity index (χ3v) is 2.28. The largest absolute Gasteiger partial charge is 0.461 e. The van der Waals surface area contributed by atoms with Gasteiger partial charge in [0.1, 0.15) is 5.70 Å². The maximum Gasteiger partial charge on any atom is 0.354 e. The van der Waals surface area contributed by atoms with E-state index in [1.165, 1.54) is 0 Å². The van der Waals surface area contributed by atoms with Crippen LogP contribution in [0, 0.1) is 0 Å². The number of ether oxygens (including phenoxy) is 1. The average Bonchev–Trinajstić information content (AvgIpc) is 2.26. The number of carbonyl (C=O) groups is 2. The lowest BCUT2D eigenvalue weighted by molar-refractivity contribution is -0.138. The van der Waals surface area contributed by atoms with Gasteiger partial charge in [0.05, 0.1) is 6.61 Å².